The van der Waals surface area contributed by atoms with Crippen LogP contribution in [0, 0.1) is 5.41 Å². The Morgan fingerprint density at radius 2 is 2.21 bits per heavy atom. The van der Waals surface area contributed by atoms with Crippen molar-refractivity contribution in [2.45, 2.75) is 26.9 Å². The number of ether oxygens (including phenoxy) is 2. The molecule has 14 heavy (non-hydrogen) atoms. The van der Waals surface area contributed by atoms with Crippen molar-refractivity contribution in [1.29, 1.82) is 0 Å². The maximum Gasteiger partial charge on any atom is 0.148 e. The van der Waals surface area contributed by atoms with Crippen LogP contribution in [0.25, 0.3) is 0 Å². The predicted octanol–water partition coefficient (Wildman–Crippen LogP) is 1.62. The molecule has 0 aromatic heterocycles. The van der Waals surface area contributed by atoms with Gasteiger partial charge in [0.1, 0.15) is 12.6 Å². The molecule has 0 aliphatic carbocycles. The van der Waals surface area contributed by atoms with Crippen LogP contribution >= 0.6 is 0 Å². The van der Waals surface area contributed by atoms with Gasteiger partial charge in [0.25, 0.3) is 0 Å². The Hall–Kier alpha value is -0.450. The fourth-order valence-corrected chi connectivity index (χ4v) is 1.54. The Morgan fingerprint density at radius 1 is 1.57 bits per heavy atom. The van der Waals surface area contributed by atoms with Crippen LogP contribution in [-0.4, -0.2) is 31.2 Å². The molecule has 0 aromatic rings. The number of hydrogen-bond donors (Lipinski definition) is 1. The highest BCUT2D eigenvalue weighted by Crippen LogP contribution is 2.32. The molecule has 82 valence electrons. The Morgan fingerprint density at radius 3 is 2.71 bits per heavy atom. The molecule has 1 N–H and O–H groups in total. The van der Waals surface area contributed by atoms with Gasteiger partial charge in [0.15, 0.2) is 0 Å². The van der Waals surface area contributed by atoms with Gasteiger partial charge in [0, 0.05) is 5.57 Å². The molecular formula is C10H17FO3. The molecule has 0 radical (unpaired) electrons. The normalized spacial score (nSPS) is 27.6. The van der Waals surface area contributed by atoms with E-state index < -0.39 is 12.4 Å². The SMILES string of the molecule is CC(C)(C)C1OCOC/C1=C(/F)CO. The Bertz CT molecular complexity index is 230. The van der Waals surface area contributed by atoms with Crippen LogP contribution in [0.15, 0.2) is 11.4 Å². The zero-order chi connectivity index (χ0) is 10.8. The van der Waals surface area contributed by atoms with Crippen LogP contribution in [-0.2, 0) is 9.47 Å². The molecule has 1 rings (SSSR count). The Kier molecular flexibility index (Phi) is 3.64. The molecule has 0 aromatic carbocycles. The quantitative estimate of drug-likeness (QED) is 0.705. The van der Waals surface area contributed by atoms with Crippen molar-refractivity contribution in [3.8, 4) is 0 Å². The average Bonchev–Trinajstić information content (AvgIpc) is 2.15. The van der Waals surface area contributed by atoms with E-state index in [1.54, 1.807) is 0 Å². The van der Waals surface area contributed by atoms with Crippen molar-refractivity contribution in [2.24, 2.45) is 5.41 Å². The Labute approximate surface area is 83.5 Å². The average molecular weight is 204 g/mol. The lowest BCUT2D eigenvalue weighted by Crippen LogP contribution is -2.38. The molecule has 1 heterocycles. The largest absolute Gasteiger partial charge is 0.389 e. The zero-order valence-corrected chi connectivity index (χ0v) is 8.84. The number of rotatable bonds is 1. The standard InChI is InChI=1S/C10H17FO3/c1-10(2,3)9-7(8(11)4-12)5-13-6-14-9/h9,12H,4-6H2,1-3H3/b8-7-. The lowest BCUT2D eigenvalue weighted by atomic mass is 9.84. The van der Waals surface area contributed by atoms with Crippen LogP contribution in [0.5, 0.6) is 0 Å². The summed E-state index contributed by atoms with van der Waals surface area (Å²) in [5, 5.41) is 8.73. The van der Waals surface area contributed by atoms with E-state index in [4.69, 9.17) is 14.6 Å². The number of halogens is 1. The van der Waals surface area contributed by atoms with Crippen LogP contribution in [0.1, 0.15) is 20.8 Å². The second-order valence-corrected chi connectivity index (χ2v) is 4.47. The molecule has 0 amide bonds. The maximum atomic E-state index is 13.3. The van der Waals surface area contributed by atoms with E-state index in [-0.39, 0.29) is 24.9 Å². The van der Waals surface area contributed by atoms with Crippen molar-refractivity contribution < 1.29 is 19.0 Å². The topological polar surface area (TPSA) is 38.7 Å². The molecule has 0 spiro atoms. The van der Waals surface area contributed by atoms with Crippen LogP contribution in [0.3, 0.4) is 0 Å². The second kappa shape index (κ2) is 4.38. The van der Waals surface area contributed by atoms with E-state index in [0.717, 1.165) is 0 Å². The monoisotopic (exact) mass is 204 g/mol. The van der Waals surface area contributed by atoms with Gasteiger partial charge in [0.2, 0.25) is 0 Å². The van der Waals surface area contributed by atoms with Gasteiger partial charge in [-0.2, -0.15) is 0 Å². The molecule has 1 aliphatic heterocycles. The summed E-state index contributed by atoms with van der Waals surface area (Å²) in [6.07, 6.45) is -0.316. The molecule has 1 saturated heterocycles. The van der Waals surface area contributed by atoms with E-state index in [0.29, 0.717) is 5.57 Å². The number of aliphatic hydroxyl groups is 1. The summed E-state index contributed by atoms with van der Waals surface area (Å²) in [6, 6.07) is 0. The molecule has 1 fully saturated rings. The summed E-state index contributed by atoms with van der Waals surface area (Å²) >= 11 is 0. The summed E-state index contributed by atoms with van der Waals surface area (Å²) in [5.74, 6) is -0.537. The summed E-state index contributed by atoms with van der Waals surface area (Å²) < 4.78 is 23.6. The van der Waals surface area contributed by atoms with Crippen LogP contribution < -0.4 is 0 Å². The van der Waals surface area contributed by atoms with Crippen molar-refractivity contribution >= 4 is 0 Å². The van der Waals surface area contributed by atoms with Gasteiger partial charge < -0.3 is 14.6 Å². The highest BCUT2D eigenvalue weighted by Gasteiger charge is 2.33. The summed E-state index contributed by atoms with van der Waals surface area (Å²) in [7, 11) is 0. The molecule has 3 nitrogen and oxygen atoms in total. The van der Waals surface area contributed by atoms with Gasteiger partial charge in [-0.1, -0.05) is 20.8 Å². The maximum absolute atomic E-state index is 13.3. The minimum Gasteiger partial charge on any atom is -0.389 e. The first kappa shape index (κ1) is 11.6. The first-order valence-electron chi connectivity index (χ1n) is 4.64. The molecule has 1 atom stereocenters. The van der Waals surface area contributed by atoms with E-state index in [9.17, 15) is 4.39 Å². The van der Waals surface area contributed by atoms with E-state index in [1.165, 1.54) is 0 Å². The smallest absolute Gasteiger partial charge is 0.148 e. The molecule has 1 aliphatic rings. The van der Waals surface area contributed by atoms with E-state index in [2.05, 4.69) is 0 Å². The van der Waals surface area contributed by atoms with Crippen molar-refractivity contribution in [2.75, 3.05) is 20.0 Å². The van der Waals surface area contributed by atoms with Gasteiger partial charge in [0.05, 0.1) is 19.3 Å². The van der Waals surface area contributed by atoms with Gasteiger partial charge >= 0.3 is 0 Å². The third kappa shape index (κ3) is 2.53. The number of hydrogen-bond acceptors (Lipinski definition) is 3. The fourth-order valence-electron chi connectivity index (χ4n) is 1.54. The molecule has 0 bridgehead atoms. The minimum absolute atomic E-state index is 0.185. The summed E-state index contributed by atoms with van der Waals surface area (Å²) in [5.41, 5.74) is 0.234. The first-order chi connectivity index (χ1) is 6.46. The second-order valence-electron chi connectivity index (χ2n) is 4.47. The molecule has 4 heteroatoms. The van der Waals surface area contributed by atoms with Crippen LogP contribution in [0.4, 0.5) is 4.39 Å². The third-order valence-corrected chi connectivity index (χ3v) is 2.17. The third-order valence-electron chi connectivity index (χ3n) is 2.17. The minimum atomic E-state index is -0.589. The lowest BCUT2D eigenvalue weighted by Gasteiger charge is -2.35. The van der Waals surface area contributed by atoms with Gasteiger partial charge in [-0.05, 0) is 5.41 Å². The highest BCUT2D eigenvalue weighted by atomic mass is 19.1. The predicted molar refractivity (Wildman–Crippen MR) is 50.4 cm³/mol. The molecule has 0 saturated carbocycles. The Balaban J connectivity index is 2.90. The van der Waals surface area contributed by atoms with Crippen molar-refractivity contribution in [1.82, 2.24) is 0 Å². The van der Waals surface area contributed by atoms with E-state index in [1.807, 2.05) is 20.8 Å². The summed E-state index contributed by atoms with van der Waals surface area (Å²) in [4.78, 5) is 0. The van der Waals surface area contributed by atoms with Crippen molar-refractivity contribution in [3.05, 3.63) is 11.4 Å². The zero-order valence-electron chi connectivity index (χ0n) is 8.84. The lowest BCUT2D eigenvalue weighted by molar-refractivity contribution is -0.138. The van der Waals surface area contributed by atoms with E-state index >= 15 is 0 Å². The van der Waals surface area contributed by atoms with Gasteiger partial charge in [-0.15, -0.1) is 0 Å². The van der Waals surface area contributed by atoms with Gasteiger partial charge in [-0.3, -0.25) is 0 Å². The molecule has 1 unspecified atom stereocenters. The highest BCUT2D eigenvalue weighted by molar-refractivity contribution is 5.18. The van der Waals surface area contributed by atoms with Crippen LogP contribution in [0.2, 0.25) is 0 Å². The summed E-state index contributed by atoms with van der Waals surface area (Å²) in [6.45, 7) is 5.70. The first-order valence-corrected chi connectivity index (χ1v) is 4.64. The van der Waals surface area contributed by atoms with Crippen molar-refractivity contribution in [3.63, 3.8) is 0 Å². The van der Waals surface area contributed by atoms with Gasteiger partial charge in [-0.25, -0.2) is 4.39 Å². The molecular weight excluding hydrogens is 187 g/mol. The number of aliphatic hydroxyl groups excluding tert-OH is 1. The fraction of sp³-hybridized carbons (Fsp3) is 0.800.